The summed E-state index contributed by atoms with van der Waals surface area (Å²) in [6.07, 6.45) is 4.28. The Morgan fingerprint density at radius 3 is 2.44 bits per heavy atom. The van der Waals surface area contributed by atoms with Gasteiger partial charge in [0.2, 0.25) is 11.8 Å². The lowest BCUT2D eigenvalue weighted by molar-refractivity contribution is -0.143. The lowest BCUT2D eigenvalue weighted by atomic mass is 10.1. The maximum atomic E-state index is 13.0. The number of hydrogen-bond acceptors (Lipinski definition) is 3. The maximum Gasteiger partial charge on any atom is 0.242 e. The average molecular weight is 368 g/mol. The minimum Gasteiger partial charge on any atom is -0.467 e. The van der Waals surface area contributed by atoms with Crippen LogP contribution in [0.3, 0.4) is 0 Å². The van der Waals surface area contributed by atoms with Crippen molar-refractivity contribution in [3.63, 3.8) is 0 Å². The van der Waals surface area contributed by atoms with Crippen LogP contribution in [0.25, 0.3) is 0 Å². The van der Waals surface area contributed by atoms with Gasteiger partial charge in [0.1, 0.15) is 5.76 Å². The molecule has 1 aromatic carbocycles. The van der Waals surface area contributed by atoms with E-state index in [2.05, 4.69) is 12.1 Å². The number of benzene rings is 1. The highest BCUT2D eigenvalue weighted by Crippen LogP contribution is 2.31. The Morgan fingerprint density at radius 1 is 1.11 bits per heavy atom. The molecule has 0 N–H and O–H groups in total. The molecule has 1 fully saturated rings. The summed E-state index contributed by atoms with van der Waals surface area (Å²) >= 11 is 0. The highest BCUT2D eigenvalue weighted by atomic mass is 16.3. The molecular weight excluding hydrogens is 340 g/mol. The Hall–Kier alpha value is -2.56. The molecule has 1 aliphatic rings. The topological polar surface area (TPSA) is 53.8 Å². The molecule has 1 aromatic heterocycles. The van der Waals surface area contributed by atoms with E-state index in [1.807, 2.05) is 44.2 Å². The highest BCUT2D eigenvalue weighted by Gasteiger charge is 2.35. The largest absolute Gasteiger partial charge is 0.467 e. The van der Waals surface area contributed by atoms with Crippen molar-refractivity contribution in [2.24, 2.45) is 5.92 Å². The van der Waals surface area contributed by atoms with Crippen molar-refractivity contribution in [1.82, 2.24) is 9.80 Å². The van der Waals surface area contributed by atoms with E-state index in [1.165, 1.54) is 5.56 Å². The third-order valence-electron chi connectivity index (χ3n) is 4.93. The van der Waals surface area contributed by atoms with Crippen molar-refractivity contribution < 1.29 is 14.0 Å². The van der Waals surface area contributed by atoms with Crippen LogP contribution in [-0.2, 0) is 22.6 Å². The number of furan rings is 1. The quantitative estimate of drug-likeness (QED) is 0.681. The SMILES string of the molecule is CC(C)N(CC(=O)N(CCc1ccccc1)Cc1ccco1)C(=O)C1CC1. The van der Waals surface area contributed by atoms with Gasteiger partial charge in [0.15, 0.2) is 0 Å². The first kappa shape index (κ1) is 19.2. The summed E-state index contributed by atoms with van der Waals surface area (Å²) in [5.74, 6) is 0.938. The van der Waals surface area contributed by atoms with Gasteiger partial charge < -0.3 is 14.2 Å². The Balaban J connectivity index is 1.67. The second-order valence-electron chi connectivity index (χ2n) is 7.46. The molecule has 5 nitrogen and oxygen atoms in total. The van der Waals surface area contributed by atoms with Crippen LogP contribution in [0.4, 0.5) is 0 Å². The zero-order valence-electron chi connectivity index (χ0n) is 16.1. The Morgan fingerprint density at radius 2 is 1.85 bits per heavy atom. The number of hydrogen-bond donors (Lipinski definition) is 0. The van der Waals surface area contributed by atoms with E-state index < -0.39 is 0 Å². The van der Waals surface area contributed by atoms with Crippen molar-refractivity contribution >= 4 is 11.8 Å². The van der Waals surface area contributed by atoms with E-state index in [9.17, 15) is 9.59 Å². The van der Waals surface area contributed by atoms with E-state index in [-0.39, 0.29) is 30.3 Å². The Bertz CT molecular complexity index is 736. The van der Waals surface area contributed by atoms with E-state index in [0.717, 1.165) is 25.0 Å². The van der Waals surface area contributed by atoms with Crippen LogP contribution in [0.5, 0.6) is 0 Å². The van der Waals surface area contributed by atoms with Crippen molar-refractivity contribution in [2.45, 2.75) is 45.7 Å². The molecule has 3 rings (SSSR count). The summed E-state index contributed by atoms with van der Waals surface area (Å²) in [6, 6.07) is 13.8. The fourth-order valence-electron chi connectivity index (χ4n) is 3.12. The first-order valence-corrected chi connectivity index (χ1v) is 9.69. The third-order valence-corrected chi connectivity index (χ3v) is 4.93. The number of nitrogens with zero attached hydrogens (tertiary/aromatic N) is 2. The van der Waals surface area contributed by atoms with Gasteiger partial charge in [-0.15, -0.1) is 0 Å². The smallest absolute Gasteiger partial charge is 0.242 e. The molecule has 0 atom stereocenters. The zero-order valence-corrected chi connectivity index (χ0v) is 16.1. The lowest BCUT2D eigenvalue weighted by Crippen LogP contribution is -2.46. The minimum absolute atomic E-state index is 0.0154. The molecule has 5 heteroatoms. The first-order valence-electron chi connectivity index (χ1n) is 9.69. The van der Waals surface area contributed by atoms with Gasteiger partial charge in [-0.2, -0.15) is 0 Å². The predicted molar refractivity (Wildman–Crippen MR) is 104 cm³/mol. The fourth-order valence-corrected chi connectivity index (χ4v) is 3.12. The van der Waals surface area contributed by atoms with Crippen LogP contribution in [0.2, 0.25) is 0 Å². The van der Waals surface area contributed by atoms with Gasteiger partial charge >= 0.3 is 0 Å². The monoisotopic (exact) mass is 368 g/mol. The molecule has 0 bridgehead atoms. The molecule has 0 aliphatic heterocycles. The second kappa shape index (κ2) is 8.89. The molecule has 2 aromatic rings. The molecule has 0 unspecified atom stereocenters. The van der Waals surface area contributed by atoms with Gasteiger partial charge in [-0.3, -0.25) is 9.59 Å². The summed E-state index contributed by atoms with van der Waals surface area (Å²) in [5.41, 5.74) is 1.18. The van der Waals surface area contributed by atoms with Crippen LogP contribution >= 0.6 is 0 Å². The van der Waals surface area contributed by atoms with Gasteiger partial charge in [-0.25, -0.2) is 0 Å². The Kier molecular flexibility index (Phi) is 6.32. The fraction of sp³-hybridized carbons (Fsp3) is 0.455. The maximum absolute atomic E-state index is 13.0. The van der Waals surface area contributed by atoms with Gasteiger partial charge in [-0.1, -0.05) is 30.3 Å². The molecule has 1 aliphatic carbocycles. The zero-order chi connectivity index (χ0) is 19.2. The summed E-state index contributed by atoms with van der Waals surface area (Å²) < 4.78 is 5.44. The number of rotatable bonds is 9. The molecule has 2 amide bonds. The van der Waals surface area contributed by atoms with E-state index in [0.29, 0.717) is 13.1 Å². The van der Waals surface area contributed by atoms with E-state index >= 15 is 0 Å². The number of amides is 2. The summed E-state index contributed by atoms with van der Waals surface area (Å²) in [7, 11) is 0. The van der Waals surface area contributed by atoms with Crippen LogP contribution < -0.4 is 0 Å². The normalized spacial score (nSPS) is 13.6. The van der Waals surface area contributed by atoms with Crippen molar-refractivity contribution in [3.8, 4) is 0 Å². The summed E-state index contributed by atoms with van der Waals surface area (Å²) in [4.78, 5) is 29.1. The Labute approximate surface area is 160 Å². The average Bonchev–Trinajstić information content (AvgIpc) is 3.39. The molecule has 0 spiro atoms. The second-order valence-corrected chi connectivity index (χ2v) is 7.46. The standard InChI is InChI=1S/C22H28N2O3/c1-17(2)24(22(26)19-10-11-19)16-21(25)23(15-20-9-6-14-27-20)13-12-18-7-4-3-5-8-18/h3-9,14,17,19H,10-13,15-16H2,1-2H3. The molecular formula is C22H28N2O3. The lowest BCUT2D eigenvalue weighted by Gasteiger charge is -2.30. The van der Waals surface area contributed by atoms with Crippen LogP contribution in [0.1, 0.15) is 38.0 Å². The molecule has 1 saturated carbocycles. The molecule has 144 valence electrons. The molecule has 1 heterocycles. The van der Waals surface area contributed by atoms with E-state index in [4.69, 9.17) is 4.42 Å². The van der Waals surface area contributed by atoms with Crippen LogP contribution in [0, 0.1) is 5.92 Å². The number of carbonyl (C=O) groups excluding carboxylic acids is 2. The highest BCUT2D eigenvalue weighted by molar-refractivity contribution is 5.87. The predicted octanol–water partition coefficient (Wildman–Crippen LogP) is 3.50. The summed E-state index contributed by atoms with van der Waals surface area (Å²) in [5, 5.41) is 0. The van der Waals surface area contributed by atoms with Crippen molar-refractivity contribution in [2.75, 3.05) is 13.1 Å². The minimum atomic E-state index is -0.0370. The third kappa shape index (κ3) is 5.46. The number of carbonyl (C=O) groups is 2. The molecule has 0 radical (unpaired) electrons. The van der Waals surface area contributed by atoms with Gasteiger partial charge in [0.25, 0.3) is 0 Å². The van der Waals surface area contributed by atoms with Crippen LogP contribution in [-0.4, -0.2) is 40.7 Å². The summed E-state index contributed by atoms with van der Waals surface area (Å²) in [6.45, 7) is 5.07. The van der Waals surface area contributed by atoms with E-state index in [1.54, 1.807) is 16.1 Å². The first-order chi connectivity index (χ1) is 13.0. The van der Waals surface area contributed by atoms with Gasteiger partial charge in [0.05, 0.1) is 19.4 Å². The van der Waals surface area contributed by atoms with Crippen molar-refractivity contribution in [1.29, 1.82) is 0 Å². The van der Waals surface area contributed by atoms with Gasteiger partial charge in [0, 0.05) is 18.5 Å². The molecule has 27 heavy (non-hydrogen) atoms. The van der Waals surface area contributed by atoms with Crippen LogP contribution in [0.15, 0.2) is 53.1 Å². The van der Waals surface area contributed by atoms with Gasteiger partial charge in [-0.05, 0) is 50.8 Å². The van der Waals surface area contributed by atoms with Crippen molar-refractivity contribution in [3.05, 3.63) is 60.1 Å². The molecule has 0 saturated heterocycles.